The summed E-state index contributed by atoms with van der Waals surface area (Å²) < 4.78 is 7.43. The third kappa shape index (κ3) is 5.16. The monoisotopic (exact) mass is 349 g/mol. The van der Waals surface area contributed by atoms with E-state index in [0.717, 1.165) is 19.5 Å². The van der Waals surface area contributed by atoms with Gasteiger partial charge in [-0.1, -0.05) is 20.8 Å². The molecule has 0 spiro atoms. The molecule has 0 aliphatic carbocycles. The van der Waals surface area contributed by atoms with Gasteiger partial charge < -0.3 is 14.6 Å². The Morgan fingerprint density at radius 2 is 1.92 bits per heavy atom. The summed E-state index contributed by atoms with van der Waals surface area (Å²) in [4.78, 5) is 27.0. The molecule has 1 aromatic heterocycles. The standard InChI is InChI=1S/C19H31N3O3/c1-6-9-21-12-16(7-8-17(21)23)20-19(24)18(13(2)3)22-10-14(4)25-15(5)11-22/h7-8,12-15,18H,6,9-11H2,1-5H3,(H,20,24)/t14-,15+,18-/m1/s1. The van der Waals surface area contributed by atoms with E-state index in [4.69, 9.17) is 4.74 Å². The number of carbonyl (C=O) groups excluding carboxylic acids is 1. The molecule has 1 aliphatic heterocycles. The molecular formula is C19H31N3O3. The molecule has 1 aliphatic rings. The number of hydrogen-bond acceptors (Lipinski definition) is 4. The van der Waals surface area contributed by atoms with E-state index >= 15 is 0 Å². The molecule has 2 rings (SSSR count). The van der Waals surface area contributed by atoms with Crippen molar-refractivity contribution < 1.29 is 9.53 Å². The number of aryl methyl sites for hydroxylation is 1. The van der Waals surface area contributed by atoms with Crippen LogP contribution in [-0.2, 0) is 16.1 Å². The number of anilines is 1. The first kappa shape index (κ1) is 19.7. The van der Waals surface area contributed by atoms with E-state index in [-0.39, 0.29) is 35.6 Å². The summed E-state index contributed by atoms with van der Waals surface area (Å²) in [5.74, 6) is 0.150. The van der Waals surface area contributed by atoms with Gasteiger partial charge in [0.2, 0.25) is 5.91 Å². The number of nitrogens with one attached hydrogen (secondary N) is 1. The Morgan fingerprint density at radius 3 is 2.48 bits per heavy atom. The van der Waals surface area contributed by atoms with Gasteiger partial charge in [-0.15, -0.1) is 0 Å². The van der Waals surface area contributed by atoms with Crippen molar-refractivity contribution in [1.29, 1.82) is 0 Å². The zero-order valence-corrected chi connectivity index (χ0v) is 16.0. The molecule has 0 saturated carbocycles. The summed E-state index contributed by atoms with van der Waals surface area (Å²) in [6.45, 7) is 12.4. The minimum Gasteiger partial charge on any atom is -0.373 e. The summed E-state index contributed by atoms with van der Waals surface area (Å²) in [7, 11) is 0. The summed E-state index contributed by atoms with van der Waals surface area (Å²) in [5, 5.41) is 3.00. The molecule has 0 radical (unpaired) electrons. The second kappa shape index (κ2) is 8.63. The van der Waals surface area contributed by atoms with Crippen molar-refractivity contribution in [3.05, 3.63) is 28.7 Å². The predicted octanol–water partition coefficient (Wildman–Crippen LogP) is 2.33. The number of pyridine rings is 1. The molecule has 0 bridgehead atoms. The van der Waals surface area contributed by atoms with E-state index in [1.165, 1.54) is 6.07 Å². The van der Waals surface area contributed by atoms with Crippen LogP contribution in [0.25, 0.3) is 0 Å². The first-order valence-electron chi connectivity index (χ1n) is 9.22. The average Bonchev–Trinajstić information content (AvgIpc) is 2.49. The highest BCUT2D eigenvalue weighted by Gasteiger charge is 2.34. The normalized spacial score (nSPS) is 22.8. The van der Waals surface area contributed by atoms with Crippen LogP contribution >= 0.6 is 0 Å². The lowest BCUT2D eigenvalue weighted by molar-refractivity contribution is -0.130. The topological polar surface area (TPSA) is 63.6 Å². The van der Waals surface area contributed by atoms with Gasteiger partial charge in [-0.05, 0) is 32.3 Å². The summed E-state index contributed by atoms with van der Waals surface area (Å²) in [5.41, 5.74) is 0.620. The Kier molecular flexibility index (Phi) is 6.79. The Morgan fingerprint density at radius 1 is 1.28 bits per heavy atom. The molecule has 1 N–H and O–H groups in total. The Balaban J connectivity index is 2.15. The first-order chi connectivity index (χ1) is 11.8. The summed E-state index contributed by atoms with van der Waals surface area (Å²) >= 11 is 0. The molecule has 1 aromatic rings. The SMILES string of the molecule is CCCn1cc(NC(=O)[C@@H](C(C)C)N2C[C@@H](C)O[C@@H](C)C2)ccc1=O. The minimum absolute atomic E-state index is 0.0296. The van der Waals surface area contributed by atoms with Crippen LogP contribution < -0.4 is 10.9 Å². The van der Waals surface area contributed by atoms with Crippen molar-refractivity contribution in [2.24, 2.45) is 5.92 Å². The van der Waals surface area contributed by atoms with E-state index in [2.05, 4.69) is 24.1 Å². The first-order valence-corrected chi connectivity index (χ1v) is 9.22. The lowest BCUT2D eigenvalue weighted by Gasteiger charge is -2.41. The molecule has 0 unspecified atom stereocenters. The van der Waals surface area contributed by atoms with Gasteiger partial charge in [0.05, 0.1) is 23.9 Å². The van der Waals surface area contributed by atoms with Crippen molar-refractivity contribution >= 4 is 11.6 Å². The molecule has 140 valence electrons. The minimum atomic E-state index is -0.222. The van der Waals surface area contributed by atoms with Crippen molar-refractivity contribution in [2.45, 2.75) is 65.8 Å². The fourth-order valence-corrected chi connectivity index (χ4v) is 3.57. The number of nitrogens with zero attached hydrogens (tertiary/aromatic N) is 2. The van der Waals surface area contributed by atoms with Gasteiger partial charge in [0.1, 0.15) is 0 Å². The van der Waals surface area contributed by atoms with Crippen LogP contribution in [0.5, 0.6) is 0 Å². The van der Waals surface area contributed by atoms with Gasteiger partial charge >= 0.3 is 0 Å². The fourth-order valence-electron chi connectivity index (χ4n) is 3.57. The Hall–Kier alpha value is -1.66. The highest BCUT2D eigenvalue weighted by molar-refractivity contribution is 5.94. The van der Waals surface area contributed by atoms with Gasteiger partial charge in [-0.25, -0.2) is 0 Å². The molecule has 25 heavy (non-hydrogen) atoms. The maximum atomic E-state index is 12.9. The largest absolute Gasteiger partial charge is 0.373 e. The lowest BCUT2D eigenvalue weighted by atomic mass is 9.99. The van der Waals surface area contributed by atoms with Crippen LogP contribution in [0.1, 0.15) is 41.0 Å². The van der Waals surface area contributed by atoms with Crippen LogP contribution in [-0.4, -0.2) is 46.7 Å². The van der Waals surface area contributed by atoms with E-state index in [0.29, 0.717) is 12.2 Å². The van der Waals surface area contributed by atoms with Crippen molar-refractivity contribution in [3.63, 3.8) is 0 Å². The highest BCUT2D eigenvalue weighted by atomic mass is 16.5. The van der Waals surface area contributed by atoms with Crippen molar-refractivity contribution in [1.82, 2.24) is 9.47 Å². The Bertz CT molecular complexity index is 631. The fraction of sp³-hybridized carbons (Fsp3) is 0.684. The van der Waals surface area contributed by atoms with Crippen LogP contribution in [0.2, 0.25) is 0 Å². The van der Waals surface area contributed by atoms with Crippen LogP contribution in [0.3, 0.4) is 0 Å². The summed E-state index contributed by atoms with van der Waals surface area (Å²) in [6, 6.07) is 2.96. The number of amides is 1. The van der Waals surface area contributed by atoms with Gasteiger partial charge in [-0.3, -0.25) is 14.5 Å². The maximum absolute atomic E-state index is 12.9. The molecule has 6 heteroatoms. The quantitative estimate of drug-likeness (QED) is 0.856. The van der Waals surface area contributed by atoms with Crippen molar-refractivity contribution in [3.8, 4) is 0 Å². The molecular weight excluding hydrogens is 318 g/mol. The average molecular weight is 349 g/mol. The van der Waals surface area contributed by atoms with Crippen molar-refractivity contribution in [2.75, 3.05) is 18.4 Å². The van der Waals surface area contributed by atoms with E-state index in [9.17, 15) is 9.59 Å². The van der Waals surface area contributed by atoms with E-state index < -0.39 is 0 Å². The summed E-state index contributed by atoms with van der Waals surface area (Å²) in [6.07, 6.45) is 2.83. The van der Waals surface area contributed by atoms with Gasteiger partial charge in [0.25, 0.3) is 5.56 Å². The van der Waals surface area contributed by atoms with Gasteiger partial charge in [0, 0.05) is 31.9 Å². The zero-order valence-electron chi connectivity index (χ0n) is 16.0. The molecule has 0 aromatic carbocycles. The predicted molar refractivity (Wildman–Crippen MR) is 99.8 cm³/mol. The number of ether oxygens (including phenoxy) is 1. The molecule has 1 fully saturated rings. The molecule has 2 heterocycles. The van der Waals surface area contributed by atoms with Crippen LogP contribution in [0, 0.1) is 5.92 Å². The highest BCUT2D eigenvalue weighted by Crippen LogP contribution is 2.20. The van der Waals surface area contributed by atoms with E-state index in [1.807, 2.05) is 20.8 Å². The van der Waals surface area contributed by atoms with E-state index in [1.54, 1.807) is 16.8 Å². The molecule has 6 nitrogen and oxygen atoms in total. The smallest absolute Gasteiger partial charge is 0.250 e. The van der Waals surface area contributed by atoms with Gasteiger partial charge in [-0.2, -0.15) is 0 Å². The third-order valence-electron chi connectivity index (χ3n) is 4.46. The maximum Gasteiger partial charge on any atom is 0.250 e. The lowest BCUT2D eigenvalue weighted by Crippen LogP contribution is -2.55. The second-order valence-electron chi connectivity index (χ2n) is 7.34. The number of aromatic nitrogens is 1. The molecule has 1 saturated heterocycles. The molecule has 1 amide bonds. The number of rotatable bonds is 6. The third-order valence-corrected chi connectivity index (χ3v) is 4.46. The number of hydrogen-bond donors (Lipinski definition) is 1. The zero-order chi connectivity index (χ0) is 18.6. The van der Waals surface area contributed by atoms with Crippen LogP contribution in [0.4, 0.5) is 5.69 Å². The number of morpholine rings is 1. The second-order valence-corrected chi connectivity index (χ2v) is 7.34. The molecule has 3 atom stereocenters. The van der Waals surface area contributed by atoms with Crippen LogP contribution in [0.15, 0.2) is 23.1 Å². The Labute approximate surface area is 150 Å². The van der Waals surface area contributed by atoms with Gasteiger partial charge in [0.15, 0.2) is 0 Å². The number of carbonyl (C=O) groups is 1.